The van der Waals surface area contributed by atoms with Crippen LogP contribution in [0.1, 0.15) is 27.6 Å². The van der Waals surface area contributed by atoms with Crippen LogP contribution in [0.25, 0.3) is 5.82 Å². The summed E-state index contributed by atoms with van der Waals surface area (Å²) in [4.78, 5) is 31.7. The van der Waals surface area contributed by atoms with Crippen LogP contribution >= 0.6 is 0 Å². The van der Waals surface area contributed by atoms with Gasteiger partial charge < -0.3 is 15.2 Å². The summed E-state index contributed by atoms with van der Waals surface area (Å²) in [6.07, 6.45) is 5.31. The maximum absolute atomic E-state index is 12.1. The Morgan fingerprint density at radius 1 is 1.00 bits per heavy atom. The van der Waals surface area contributed by atoms with Gasteiger partial charge in [-0.1, -0.05) is 12.1 Å². The van der Waals surface area contributed by atoms with E-state index in [-0.39, 0.29) is 11.7 Å². The first-order valence-electron chi connectivity index (χ1n) is 8.22. The van der Waals surface area contributed by atoms with Gasteiger partial charge in [-0.15, -0.1) is 0 Å². The number of carbonyl (C=O) groups is 2. The van der Waals surface area contributed by atoms with E-state index in [0.717, 1.165) is 5.82 Å². The van der Waals surface area contributed by atoms with Crippen molar-refractivity contribution in [1.29, 1.82) is 0 Å². The molecule has 0 bridgehead atoms. The number of anilines is 1. The molecule has 0 aliphatic carbocycles. The van der Waals surface area contributed by atoms with Crippen LogP contribution in [0.2, 0.25) is 0 Å². The number of nitrogens with zero attached hydrogens (tertiary/aromatic N) is 3. The van der Waals surface area contributed by atoms with Gasteiger partial charge in [0.2, 0.25) is 0 Å². The molecule has 7 heteroatoms. The molecule has 1 aromatic carbocycles. The van der Waals surface area contributed by atoms with Gasteiger partial charge in [-0.25, -0.2) is 9.97 Å². The molecular weight excluding hydrogens is 330 g/mol. The van der Waals surface area contributed by atoms with Crippen LogP contribution in [0.3, 0.4) is 0 Å². The second-order valence-electron chi connectivity index (χ2n) is 5.67. The number of aromatic nitrogens is 3. The number of Topliss-reactive ketones (excluding diaryl/α,β-unsaturated/α-hetero) is 1. The number of amides is 1. The van der Waals surface area contributed by atoms with Gasteiger partial charge in [0.05, 0.1) is 0 Å². The van der Waals surface area contributed by atoms with E-state index in [1.165, 1.54) is 13.3 Å². The molecule has 0 aliphatic heterocycles. The van der Waals surface area contributed by atoms with Crippen LogP contribution in [0, 0.1) is 0 Å². The molecule has 0 radical (unpaired) electrons. The maximum Gasteiger partial charge on any atom is 0.251 e. The molecule has 132 valence electrons. The number of hydrogen-bond donors (Lipinski definition) is 2. The summed E-state index contributed by atoms with van der Waals surface area (Å²) in [5.74, 6) is 1.24. The highest BCUT2D eigenvalue weighted by Crippen LogP contribution is 2.09. The van der Waals surface area contributed by atoms with E-state index in [0.29, 0.717) is 30.0 Å². The Morgan fingerprint density at radius 2 is 1.69 bits per heavy atom. The average Bonchev–Trinajstić information content (AvgIpc) is 3.20. The average molecular weight is 349 g/mol. The quantitative estimate of drug-likeness (QED) is 0.505. The third kappa shape index (κ3) is 4.32. The summed E-state index contributed by atoms with van der Waals surface area (Å²) in [5, 5.41) is 5.98. The van der Waals surface area contributed by atoms with Gasteiger partial charge in [0.25, 0.3) is 5.91 Å². The highest BCUT2D eigenvalue weighted by molar-refractivity contribution is 5.97. The van der Waals surface area contributed by atoms with Crippen LogP contribution in [0.5, 0.6) is 0 Å². The first-order valence-corrected chi connectivity index (χ1v) is 8.22. The number of ketones is 1. The van der Waals surface area contributed by atoms with Crippen molar-refractivity contribution in [3.63, 3.8) is 0 Å². The smallest absolute Gasteiger partial charge is 0.251 e. The van der Waals surface area contributed by atoms with Gasteiger partial charge in [-0.05, 0) is 31.2 Å². The molecule has 0 unspecified atom stereocenters. The molecule has 0 saturated heterocycles. The van der Waals surface area contributed by atoms with Gasteiger partial charge >= 0.3 is 0 Å². The molecule has 7 nitrogen and oxygen atoms in total. The molecule has 0 fully saturated rings. The van der Waals surface area contributed by atoms with Crippen molar-refractivity contribution in [1.82, 2.24) is 19.9 Å². The summed E-state index contributed by atoms with van der Waals surface area (Å²) in [6.45, 7) is 2.46. The predicted octanol–water partition coefficient (Wildman–Crippen LogP) is 2.31. The van der Waals surface area contributed by atoms with E-state index in [4.69, 9.17) is 0 Å². The second kappa shape index (κ2) is 8.06. The normalized spacial score (nSPS) is 10.3. The molecule has 2 N–H and O–H groups in total. The fourth-order valence-corrected chi connectivity index (χ4v) is 2.40. The van der Waals surface area contributed by atoms with Crippen LogP contribution in [-0.2, 0) is 0 Å². The van der Waals surface area contributed by atoms with Crippen LogP contribution < -0.4 is 10.6 Å². The van der Waals surface area contributed by atoms with Gasteiger partial charge in [0, 0.05) is 42.7 Å². The van der Waals surface area contributed by atoms with Crippen molar-refractivity contribution < 1.29 is 9.59 Å². The molecule has 0 spiro atoms. The molecule has 0 saturated carbocycles. The number of rotatable bonds is 7. The molecular formula is C19H19N5O2. The summed E-state index contributed by atoms with van der Waals surface area (Å²) in [6, 6.07) is 12.3. The van der Waals surface area contributed by atoms with E-state index in [2.05, 4.69) is 20.6 Å². The largest absolute Gasteiger partial charge is 0.368 e. The fourth-order valence-electron chi connectivity index (χ4n) is 2.40. The summed E-state index contributed by atoms with van der Waals surface area (Å²) in [7, 11) is 0. The second-order valence-corrected chi connectivity index (χ2v) is 5.67. The Kier molecular flexibility index (Phi) is 5.38. The molecule has 3 rings (SSSR count). The predicted molar refractivity (Wildman–Crippen MR) is 98.6 cm³/mol. The third-order valence-electron chi connectivity index (χ3n) is 3.79. The highest BCUT2D eigenvalue weighted by atomic mass is 16.1. The van der Waals surface area contributed by atoms with E-state index >= 15 is 0 Å². The Labute approximate surface area is 151 Å². The first kappa shape index (κ1) is 17.3. The third-order valence-corrected chi connectivity index (χ3v) is 3.79. The van der Waals surface area contributed by atoms with Crippen molar-refractivity contribution in [2.75, 3.05) is 18.4 Å². The maximum atomic E-state index is 12.1. The number of carbonyl (C=O) groups excluding carboxylic acids is 2. The SMILES string of the molecule is CC(=O)c1ccc(C(=O)NCCNc2cc(-n3cccc3)ncn2)cc1. The van der Waals surface area contributed by atoms with Crippen LogP contribution in [0.15, 0.2) is 61.2 Å². The minimum absolute atomic E-state index is 0.0229. The minimum Gasteiger partial charge on any atom is -0.368 e. The summed E-state index contributed by atoms with van der Waals surface area (Å²) in [5.41, 5.74) is 1.11. The lowest BCUT2D eigenvalue weighted by atomic mass is 10.1. The van der Waals surface area contributed by atoms with E-state index in [1.54, 1.807) is 24.3 Å². The van der Waals surface area contributed by atoms with Crippen molar-refractivity contribution in [3.8, 4) is 5.82 Å². The van der Waals surface area contributed by atoms with Crippen molar-refractivity contribution >= 4 is 17.5 Å². The summed E-state index contributed by atoms with van der Waals surface area (Å²) >= 11 is 0. The molecule has 0 atom stereocenters. The lowest BCUT2D eigenvalue weighted by molar-refractivity contribution is 0.0953. The van der Waals surface area contributed by atoms with Gasteiger partial charge in [0.1, 0.15) is 18.0 Å². The van der Waals surface area contributed by atoms with Crippen LogP contribution in [0.4, 0.5) is 5.82 Å². The van der Waals surface area contributed by atoms with E-state index in [9.17, 15) is 9.59 Å². The summed E-state index contributed by atoms with van der Waals surface area (Å²) < 4.78 is 1.89. The van der Waals surface area contributed by atoms with E-state index in [1.807, 2.05) is 35.2 Å². The van der Waals surface area contributed by atoms with E-state index < -0.39 is 0 Å². The number of benzene rings is 1. The highest BCUT2D eigenvalue weighted by Gasteiger charge is 2.06. The zero-order valence-corrected chi connectivity index (χ0v) is 14.3. The van der Waals surface area contributed by atoms with Crippen molar-refractivity contribution in [2.24, 2.45) is 0 Å². The molecule has 26 heavy (non-hydrogen) atoms. The minimum atomic E-state index is -0.183. The number of hydrogen-bond acceptors (Lipinski definition) is 5. The Hall–Kier alpha value is -3.48. The molecule has 3 aromatic rings. The zero-order chi connectivity index (χ0) is 18.4. The first-order chi connectivity index (χ1) is 12.6. The standard InChI is InChI=1S/C19H19N5O2/c1-14(25)15-4-6-16(7-5-15)19(26)21-9-8-20-17-12-18(23-13-22-17)24-10-2-3-11-24/h2-7,10-13H,8-9H2,1H3,(H,21,26)(H,20,22,23). The van der Waals surface area contributed by atoms with Crippen molar-refractivity contribution in [3.05, 3.63) is 72.3 Å². The molecule has 0 aliphatic rings. The Bertz CT molecular complexity index is 889. The molecule has 2 aromatic heterocycles. The lowest BCUT2D eigenvalue weighted by Gasteiger charge is -2.09. The molecule has 2 heterocycles. The van der Waals surface area contributed by atoms with Gasteiger partial charge in [-0.2, -0.15) is 0 Å². The Balaban J connectivity index is 1.49. The lowest BCUT2D eigenvalue weighted by Crippen LogP contribution is -2.28. The van der Waals surface area contributed by atoms with Crippen molar-refractivity contribution in [2.45, 2.75) is 6.92 Å². The number of nitrogens with one attached hydrogen (secondary N) is 2. The topological polar surface area (TPSA) is 88.9 Å². The van der Waals surface area contributed by atoms with Gasteiger partial charge in [-0.3, -0.25) is 9.59 Å². The monoisotopic (exact) mass is 349 g/mol. The Morgan fingerprint density at radius 3 is 2.38 bits per heavy atom. The fraction of sp³-hybridized carbons (Fsp3) is 0.158. The van der Waals surface area contributed by atoms with Crippen LogP contribution in [-0.4, -0.2) is 39.3 Å². The van der Waals surface area contributed by atoms with Gasteiger partial charge in [0.15, 0.2) is 5.78 Å². The molecule has 1 amide bonds. The zero-order valence-electron chi connectivity index (χ0n) is 14.3.